The number of nitro benzene ring substituents is 1. The topological polar surface area (TPSA) is 87.5 Å². The second-order valence-electron chi connectivity index (χ2n) is 7.57. The summed E-state index contributed by atoms with van der Waals surface area (Å²) in [6.07, 6.45) is 0. The van der Waals surface area contributed by atoms with Gasteiger partial charge in [0.1, 0.15) is 6.04 Å². The van der Waals surface area contributed by atoms with E-state index in [1.165, 1.54) is 12.1 Å². The number of nitrogens with zero attached hydrogens (tertiary/aromatic N) is 2. The molecule has 3 aromatic carbocycles. The van der Waals surface area contributed by atoms with Crippen LogP contribution in [0.25, 0.3) is 0 Å². The van der Waals surface area contributed by atoms with Gasteiger partial charge in [0, 0.05) is 23.7 Å². The average Bonchev–Trinajstić information content (AvgIpc) is 3.34. The lowest BCUT2D eigenvalue weighted by atomic mass is 9.83. The first-order valence-electron chi connectivity index (χ1n) is 9.83. The number of amides is 1. The summed E-state index contributed by atoms with van der Waals surface area (Å²) in [5.74, 6) is -0.0953. The predicted molar refractivity (Wildman–Crippen MR) is 112 cm³/mol. The molecule has 30 heavy (non-hydrogen) atoms. The van der Waals surface area contributed by atoms with Crippen molar-refractivity contribution in [2.75, 3.05) is 4.90 Å². The molecule has 0 saturated carbocycles. The van der Waals surface area contributed by atoms with Crippen molar-refractivity contribution in [2.24, 2.45) is 5.92 Å². The van der Waals surface area contributed by atoms with Gasteiger partial charge in [-0.15, -0.1) is 0 Å². The van der Waals surface area contributed by atoms with Gasteiger partial charge in [-0.05, 0) is 23.3 Å². The largest absolute Gasteiger partial charge is 0.303 e. The summed E-state index contributed by atoms with van der Waals surface area (Å²) in [4.78, 5) is 26.0. The zero-order chi connectivity index (χ0) is 20.7. The Kier molecular flexibility index (Phi) is 4.54. The van der Waals surface area contributed by atoms with Crippen molar-refractivity contribution in [3.05, 3.63) is 106 Å². The van der Waals surface area contributed by atoms with Crippen molar-refractivity contribution >= 4 is 17.3 Å². The average molecular weight is 400 g/mol. The monoisotopic (exact) mass is 400 g/mol. The van der Waals surface area contributed by atoms with Crippen molar-refractivity contribution in [2.45, 2.75) is 18.1 Å². The third-order valence-electron chi connectivity index (χ3n) is 5.95. The fourth-order valence-electron chi connectivity index (χ4n) is 4.62. The highest BCUT2D eigenvalue weighted by Crippen LogP contribution is 2.48. The second kappa shape index (κ2) is 7.37. The fourth-order valence-corrected chi connectivity index (χ4v) is 4.62. The molecule has 0 spiro atoms. The Morgan fingerprint density at radius 3 is 2.00 bits per heavy atom. The van der Waals surface area contributed by atoms with Crippen LogP contribution in [0.3, 0.4) is 0 Å². The maximum atomic E-state index is 13.4. The van der Waals surface area contributed by atoms with Gasteiger partial charge in [0.05, 0.1) is 17.0 Å². The lowest BCUT2D eigenvalue weighted by molar-refractivity contribution is -0.384. The Morgan fingerprint density at radius 2 is 1.37 bits per heavy atom. The molecule has 0 aliphatic carbocycles. The summed E-state index contributed by atoms with van der Waals surface area (Å²) >= 11 is 0. The second-order valence-corrected chi connectivity index (χ2v) is 7.57. The molecule has 0 bridgehead atoms. The SMILES string of the molecule is O=C1C2NNC(c3ccccc3)C2C(c2ccc([N+](=O)[O-])cc2)N1c1ccccc1. The van der Waals surface area contributed by atoms with Crippen molar-refractivity contribution in [1.82, 2.24) is 10.9 Å². The minimum atomic E-state index is -0.410. The molecule has 0 aromatic heterocycles. The normalized spacial score (nSPS) is 25.3. The van der Waals surface area contributed by atoms with Gasteiger partial charge in [-0.25, -0.2) is 10.9 Å². The van der Waals surface area contributed by atoms with Crippen molar-refractivity contribution in [3.63, 3.8) is 0 Å². The number of carbonyl (C=O) groups is 1. The zero-order valence-electron chi connectivity index (χ0n) is 16.0. The number of carbonyl (C=O) groups excluding carboxylic acids is 1. The number of hydrazine groups is 1. The van der Waals surface area contributed by atoms with Gasteiger partial charge in [-0.2, -0.15) is 0 Å². The Morgan fingerprint density at radius 1 is 0.767 bits per heavy atom. The van der Waals surface area contributed by atoms with Crippen LogP contribution >= 0.6 is 0 Å². The van der Waals surface area contributed by atoms with Crippen LogP contribution in [0, 0.1) is 16.0 Å². The lowest BCUT2D eigenvalue weighted by Gasteiger charge is -2.31. The summed E-state index contributed by atoms with van der Waals surface area (Å²) in [6.45, 7) is 0. The minimum absolute atomic E-state index is 0.0134. The highest BCUT2D eigenvalue weighted by molar-refractivity contribution is 6.01. The number of anilines is 1. The van der Waals surface area contributed by atoms with Crippen LogP contribution in [0.1, 0.15) is 23.2 Å². The third-order valence-corrected chi connectivity index (χ3v) is 5.95. The summed E-state index contributed by atoms with van der Waals surface area (Å²) in [6, 6.07) is 25.4. The molecule has 1 amide bonds. The van der Waals surface area contributed by atoms with Gasteiger partial charge in [0.25, 0.3) is 5.69 Å². The van der Waals surface area contributed by atoms with E-state index in [4.69, 9.17) is 0 Å². The van der Waals surface area contributed by atoms with E-state index in [1.807, 2.05) is 65.6 Å². The van der Waals surface area contributed by atoms with E-state index in [-0.39, 0.29) is 29.6 Å². The van der Waals surface area contributed by atoms with Crippen LogP contribution in [0.15, 0.2) is 84.9 Å². The van der Waals surface area contributed by atoms with Crippen molar-refractivity contribution < 1.29 is 9.72 Å². The molecule has 0 radical (unpaired) electrons. The lowest BCUT2D eigenvalue weighted by Crippen LogP contribution is -2.41. The Bertz CT molecular complexity index is 1070. The Hall–Kier alpha value is -3.55. The van der Waals surface area contributed by atoms with Crippen LogP contribution in [0.2, 0.25) is 0 Å². The highest BCUT2D eigenvalue weighted by atomic mass is 16.6. The summed E-state index contributed by atoms with van der Waals surface area (Å²) in [5.41, 5.74) is 9.31. The molecule has 150 valence electrons. The van der Waals surface area contributed by atoms with Gasteiger partial charge in [0.15, 0.2) is 0 Å². The van der Waals surface area contributed by atoms with E-state index in [0.717, 1.165) is 16.8 Å². The molecule has 2 aliphatic rings. The number of benzene rings is 3. The number of para-hydroxylation sites is 1. The van der Waals surface area contributed by atoms with E-state index < -0.39 is 11.0 Å². The number of rotatable bonds is 4. The van der Waals surface area contributed by atoms with Gasteiger partial charge >= 0.3 is 0 Å². The molecule has 3 aromatic rings. The van der Waals surface area contributed by atoms with E-state index in [0.29, 0.717) is 0 Å². The van der Waals surface area contributed by atoms with Crippen molar-refractivity contribution in [3.8, 4) is 0 Å². The number of hydrogen-bond donors (Lipinski definition) is 2. The first-order chi connectivity index (χ1) is 14.6. The predicted octanol–water partition coefficient (Wildman–Crippen LogP) is 3.52. The van der Waals surface area contributed by atoms with E-state index >= 15 is 0 Å². The highest BCUT2D eigenvalue weighted by Gasteiger charge is 2.55. The smallest absolute Gasteiger partial charge is 0.269 e. The number of hydrogen-bond acceptors (Lipinski definition) is 5. The van der Waals surface area contributed by atoms with Crippen LogP contribution in [-0.2, 0) is 4.79 Å². The molecule has 2 saturated heterocycles. The maximum Gasteiger partial charge on any atom is 0.269 e. The zero-order valence-corrected chi connectivity index (χ0v) is 16.0. The van der Waals surface area contributed by atoms with Gasteiger partial charge in [-0.3, -0.25) is 14.9 Å². The minimum Gasteiger partial charge on any atom is -0.303 e. The molecule has 2 aliphatic heterocycles. The molecular formula is C23H20N4O3. The van der Waals surface area contributed by atoms with Crippen LogP contribution in [0.4, 0.5) is 11.4 Å². The summed E-state index contributed by atoms with van der Waals surface area (Å²) in [7, 11) is 0. The standard InChI is InChI=1S/C23H20N4O3/c28-23-21-19(20(24-25-21)15-7-3-1-4-8-15)22(26(23)17-9-5-2-6-10-17)16-11-13-18(14-12-16)27(29)30/h1-14,19-22,24-25H. The van der Waals surface area contributed by atoms with Gasteiger partial charge in [-0.1, -0.05) is 60.7 Å². The molecular weight excluding hydrogens is 380 g/mol. The molecule has 2 fully saturated rings. The maximum absolute atomic E-state index is 13.4. The third kappa shape index (κ3) is 2.96. The van der Waals surface area contributed by atoms with Crippen LogP contribution in [0.5, 0.6) is 0 Å². The summed E-state index contributed by atoms with van der Waals surface area (Å²) in [5, 5.41) is 11.1. The number of fused-ring (bicyclic) bond motifs is 1. The Balaban J connectivity index is 1.62. The van der Waals surface area contributed by atoms with E-state index in [9.17, 15) is 14.9 Å². The first kappa shape index (κ1) is 18.5. The quantitative estimate of drug-likeness (QED) is 0.517. The van der Waals surface area contributed by atoms with Crippen molar-refractivity contribution in [1.29, 1.82) is 0 Å². The molecule has 2 heterocycles. The first-order valence-corrected chi connectivity index (χ1v) is 9.83. The molecule has 5 rings (SSSR count). The van der Waals surface area contributed by atoms with Crippen LogP contribution in [-0.4, -0.2) is 16.9 Å². The molecule has 2 N–H and O–H groups in total. The van der Waals surface area contributed by atoms with Gasteiger partial charge in [0.2, 0.25) is 5.91 Å². The van der Waals surface area contributed by atoms with E-state index in [1.54, 1.807) is 12.1 Å². The number of nitrogens with one attached hydrogen (secondary N) is 2. The number of nitro groups is 1. The Labute approximate surface area is 173 Å². The number of non-ortho nitro benzene ring substituents is 1. The van der Waals surface area contributed by atoms with Gasteiger partial charge < -0.3 is 4.90 Å². The molecule has 7 nitrogen and oxygen atoms in total. The molecule has 4 atom stereocenters. The molecule has 7 heteroatoms. The molecule has 4 unspecified atom stereocenters. The van der Waals surface area contributed by atoms with Crippen LogP contribution < -0.4 is 15.8 Å². The van der Waals surface area contributed by atoms with E-state index in [2.05, 4.69) is 10.9 Å². The summed E-state index contributed by atoms with van der Waals surface area (Å²) < 4.78 is 0. The fraction of sp³-hybridized carbons (Fsp3) is 0.174.